The van der Waals surface area contributed by atoms with Gasteiger partial charge in [0.25, 0.3) is 10.0 Å². The summed E-state index contributed by atoms with van der Waals surface area (Å²) in [6, 6.07) is 1.98. The van der Waals surface area contributed by atoms with Crippen LogP contribution in [0.1, 0.15) is 52.9 Å². The summed E-state index contributed by atoms with van der Waals surface area (Å²) in [5, 5.41) is 3.40. The van der Waals surface area contributed by atoms with Crippen LogP contribution >= 0.6 is 0 Å². The maximum absolute atomic E-state index is 12.7. The molecule has 2 fully saturated rings. The summed E-state index contributed by atoms with van der Waals surface area (Å²) in [5.74, 6) is 0.877. The van der Waals surface area contributed by atoms with E-state index in [9.17, 15) is 13.2 Å². The van der Waals surface area contributed by atoms with Crippen molar-refractivity contribution in [2.75, 3.05) is 5.32 Å². The van der Waals surface area contributed by atoms with Crippen molar-refractivity contribution in [2.24, 2.45) is 17.3 Å². The molecule has 138 valence electrons. The van der Waals surface area contributed by atoms with Gasteiger partial charge < -0.3 is 5.32 Å². The van der Waals surface area contributed by atoms with Crippen molar-refractivity contribution in [2.45, 2.75) is 63.8 Å². The topological polar surface area (TPSA) is 88.2 Å². The van der Waals surface area contributed by atoms with Crippen LogP contribution in [-0.2, 0) is 14.8 Å². The van der Waals surface area contributed by atoms with E-state index in [1.54, 1.807) is 12.3 Å². The molecule has 2 saturated carbocycles. The molecule has 1 heterocycles. The molecular weight excluding hydrogens is 338 g/mol. The monoisotopic (exact) mass is 365 g/mol. The zero-order valence-electron chi connectivity index (χ0n) is 15.1. The molecule has 0 radical (unpaired) electrons. The first-order valence-electron chi connectivity index (χ1n) is 8.90. The van der Waals surface area contributed by atoms with Crippen LogP contribution in [0.2, 0.25) is 0 Å². The summed E-state index contributed by atoms with van der Waals surface area (Å²) in [5.41, 5.74) is 0.252. The first-order valence-corrected chi connectivity index (χ1v) is 10.4. The Morgan fingerprint density at radius 2 is 2.04 bits per heavy atom. The molecule has 25 heavy (non-hydrogen) atoms. The van der Waals surface area contributed by atoms with Gasteiger partial charge in [-0.05, 0) is 42.6 Å². The molecule has 0 saturated heterocycles. The van der Waals surface area contributed by atoms with E-state index in [2.05, 4.69) is 15.0 Å². The van der Waals surface area contributed by atoms with Crippen LogP contribution in [0, 0.1) is 17.3 Å². The van der Waals surface area contributed by atoms with Crippen molar-refractivity contribution in [3.8, 4) is 0 Å². The summed E-state index contributed by atoms with van der Waals surface area (Å²) >= 11 is 0. The highest BCUT2D eigenvalue weighted by Crippen LogP contribution is 2.45. The van der Waals surface area contributed by atoms with Crippen LogP contribution in [0.3, 0.4) is 0 Å². The van der Waals surface area contributed by atoms with Gasteiger partial charge in [0.15, 0.2) is 0 Å². The van der Waals surface area contributed by atoms with E-state index >= 15 is 0 Å². The van der Waals surface area contributed by atoms with E-state index in [0.29, 0.717) is 17.6 Å². The standard InChI is InChI=1S/C18H27N3O3S/c1-18(2,3)10-17(22)21-25(23,24)16-11-19-7-6-14(16)20-15-9-12-4-5-13(15)8-12/h6-7,11-13,15H,4-5,8-10H2,1-3H3,(H,19,20)(H,21,22)/t12-,13+,15+/m0/s1. The summed E-state index contributed by atoms with van der Waals surface area (Å²) in [4.78, 5) is 16.1. The normalized spacial score (nSPS) is 25.8. The number of carbonyl (C=O) groups is 1. The molecule has 2 N–H and O–H groups in total. The number of sulfonamides is 1. The fourth-order valence-corrected chi connectivity index (χ4v) is 5.16. The molecule has 0 aliphatic heterocycles. The minimum absolute atomic E-state index is 0.0417. The molecule has 6 nitrogen and oxygen atoms in total. The number of amides is 1. The minimum Gasteiger partial charge on any atom is -0.381 e. The van der Waals surface area contributed by atoms with Crippen molar-refractivity contribution in [1.29, 1.82) is 0 Å². The van der Waals surface area contributed by atoms with Gasteiger partial charge in [-0.3, -0.25) is 9.78 Å². The first-order chi connectivity index (χ1) is 11.6. The van der Waals surface area contributed by atoms with E-state index in [-0.39, 0.29) is 16.7 Å². The Morgan fingerprint density at radius 3 is 2.64 bits per heavy atom. The summed E-state index contributed by atoms with van der Waals surface area (Å²) < 4.78 is 27.5. The second-order valence-corrected chi connectivity index (χ2v) is 10.2. The molecule has 1 amide bonds. The molecule has 7 heteroatoms. The molecule has 2 bridgehead atoms. The number of hydrogen-bond acceptors (Lipinski definition) is 5. The van der Waals surface area contributed by atoms with Gasteiger partial charge in [-0.15, -0.1) is 0 Å². The number of rotatable bonds is 5. The van der Waals surface area contributed by atoms with Crippen LogP contribution in [0.5, 0.6) is 0 Å². The van der Waals surface area contributed by atoms with E-state index in [0.717, 1.165) is 12.3 Å². The third-order valence-corrected chi connectivity index (χ3v) is 6.49. The van der Waals surface area contributed by atoms with E-state index in [4.69, 9.17) is 0 Å². The number of fused-ring (bicyclic) bond motifs is 2. The van der Waals surface area contributed by atoms with Crippen molar-refractivity contribution >= 4 is 21.6 Å². The Morgan fingerprint density at radius 1 is 1.28 bits per heavy atom. The average Bonchev–Trinajstić information content (AvgIpc) is 3.07. The van der Waals surface area contributed by atoms with Gasteiger partial charge in [0.2, 0.25) is 5.91 Å². The summed E-state index contributed by atoms with van der Waals surface area (Å²) in [6.07, 6.45) is 7.83. The van der Waals surface area contributed by atoms with Crippen LogP contribution < -0.4 is 10.0 Å². The lowest BCUT2D eigenvalue weighted by Gasteiger charge is -2.25. The van der Waals surface area contributed by atoms with Gasteiger partial charge in [-0.1, -0.05) is 27.2 Å². The smallest absolute Gasteiger partial charge is 0.267 e. The number of pyridine rings is 1. The largest absolute Gasteiger partial charge is 0.381 e. The number of aromatic nitrogens is 1. The highest BCUT2D eigenvalue weighted by molar-refractivity contribution is 7.90. The van der Waals surface area contributed by atoms with Crippen molar-refractivity contribution < 1.29 is 13.2 Å². The molecular formula is C18H27N3O3S. The predicted molar refractivity (Wildman–Crippen MR) is 96.5 cm³/mol. The second-order valence-electron chi connectivity index (χ2n) is 8.56. The lowest BCUT2D eigenvalue weighted by atomic mass is 9.92. The van der Waals surface area contributed by atoms with E-state index < -0.39 is 15.9 Å². The molecule has 0 unspecified atom stereocenters. The third kappa shape index (κ3) is 4.32. The van der Waals surface area contributed by atoms with Gasteiger partial charge in [0.05, 0.1) is 5.69 Å². The van der Waals surface area contributed by atoms with E-state index in [1.165, 1.54) is 25.5 Å². The van der Waals surface area contributed by atoms with Gasteiger partial charge in [-0.2, -0.15) is 0 Å². The van der Waals surface area contributed by atoms with Crippen molar-refractivity contribution in [1.82, 2.24) is 9.71 Å². The minimum atomic E-state index is -3.94. The summed E-state index contributed by atoms with van der Waals surface area (Å²) in [7, 11) is -3.94. The predicted octanol–water partition coefficient (Wildman–Crippen LogP) is 2.92. The molecule has 3 atom stereocenters. The molecule has 2 aliphatic carbocycles. The summed E-state index contributed by atoms with van der Waals surface area (Å²) in [6.45, 7) is 5.68. The van der Waals surface area contributed by atoms with Crippen molar-refractivity contribution in [3.05, 3.63) is 18.5 Å². The quantitative estimate of drug-likeness (QED) is 0.837. The Balaban J connectivity index is 1.76. The molecule has 0 spiro atoms. The maximum atomic E-state index is 12.7. The van der Waals surface area contributed by atoms with Crippen molar-refractivity contribution in [3.63, 3.8) is 0 Å². The molecule has 1 aromatic heterocycles. The first kappa shape index (κ1) is 18.2. The van der Waals surface area contributed by atoms with E-state index in [1.807, 2.05) is 20.8 Å². The second kappa shape index (κ2) is 6.59. The van der Waals surface area contributed by atoms with Gasteiger partial charge in [0.1, 0.15) is 4.90 Å². The van der Waals surface area contributed by atoms with Crippen LogP contribution in [0.15, 0.2) is 23.4 Å². The number of anilines is 1. The zero-order chi connectivity index (χ0) is 18.2. The third-order valence-electron chi connectivity index (χ3n) is 5.09. The zero-order valence-corrected chi connectivity index (χ0v) is 15.9. The van der Waals surface area contributed by atoms with Crippen LogP contribution in [0.25, 0.3) is 0 Å². The SMILES string of the molecule is CC(C)(C)CC(=O)NS(=O)(=O)c1cnccc1N[C@@H]1C[C@H]2CC[C@@H]1C2. The Kier molecular flexibility index (Phi) is 4.79. The van der Waals surface area contributed by atoms with Gasteiger partial charge >= 0.3 is 0 Å². The Labute approximate surface area is 149 Å². The number of nitrogens with one attached hydrogen (secondary N) is 2. The van der Waals surface area contributed by atoms with Gasteiger partial charge in [-0.25, -0.2) is 13.1 Å². The number of hydrogen-bond donors (Lipinski definition) is 2. The lowest BCUT2D eigenvalue weighted by molar-refractivity contribution is -0.121. The molecule has 2 aliphatic rings. The molecule has 1 aromatic rings. The number of nitrogens with zero attached hydrogens (tertiary/aromatic N) is 1. The lowest BCUT2D eigenvalue weighted by Crippen LogP contribution is -2.34. The maximum Gasteiger partial charge on any atom is 0.267 e. The van der Waals surface area contributed by atoms with Crippen LogP contribution in [-0.4, -0.2) is 25.4 Å². The number of carbonyl (C=O) groups excluding carboxylic acids is 1. The van der Waals surface area contributed by atoms with Crippen LogP contribution in [0.4, 0.5) is 5.69 Å². The Hall–Kier alpha value is -1.63. The Bertz CT molecular complexity index is 755. The highest BCUT2D eigenvalue weighted by Gasteiger charge is 2.40. The van der Waals surface area contributed by atoms with Gasteiger partial charge in [0, 0.05) is 24.9 Å². The average molecular weight is 365 g/mol. The highest BCUT2D eigenvalue weighted by atomic mass is 32.2. The molecule has 0 aromatic carbocycles. The molecule has 3 rings (SSSR count). The fraction of sp³-hybridized carbons (Fsp3) is 0.667. The fourth-order valence-electron chi connectivity index (χ4n) is 4.06.